The number of carbonyl (C=O) groups is 3. The molecule has 0 saturated carbocycles. The molecule has 0 aliphatic heterocycles. The fraction of sp³-hybridized carbons (Fsp3) is 0.0769. The monoisotopic (exact) mass is 504 g/mol. The normalized spacial score (nSPS) is 10.6. The van der Waals surface area contributed by atoms with Crippen LogP contribution in [-0.4, -0.2) is 39.2 Å². The highest BCUT2D eigenvalue weighted by molar-refractivity contribution is 7.16. The van der Waals surface area contributed by atoms with Crippen LogP contribution in [0, 0.1) is 0 Å². The predicted octanol–water partition coefficient (Wildman–Crippen LogP) is 3.95. The first-order valence-electron chi connectivity index (χ1n) is 10.7. The molecule has 1 aromatic heterocycles. The highest BCUT2D eigenvalue weighted by Crippen LogP contribution is 2.23. The van der Waals surface area contributed by atoms with Gasteiger partial charge in [0.2, 0.25) is 0 Å². The van der Waals surface area contributed by atoms with Gasteiger partial charge in [0.25, 0.3) is 5.91 Å². The Morgan fingerprint density at radius 2 is 1.64 bits per heavy atom. The lowest BCUT2D eigenvalue weighted by molar-refractivity contribution is -0.140. The maximum atomic E-state index is 12.5. The van der Waals surface area contributed by atoms with E-state index in [-0.39, 0.29) is 17.4 Å². The van der Waals surface area contributed by atoms with E-state index in [0.717, 1.165) is 27.6 Å². The summed E-state index contributed by atoms with van der Waals surface area (Å²) in [5.74, 6) is -2.81. The minimum absolute atomic E-state index is 0.157. The van der Waals surface area contributed by atoms with E-state index in [2.05, 4.69) is 5.32 Å². The molecule has 4 aromatic rings. The number of thiazole rings is 1. The highest BCUT2D eigenvalue weighted by Gasteiger charge is 2.15. The molecule has 1 amide bonds. The Kier molecular flexibility index (Phi) is 7.26. The van der Waals surface area contributed by atoms with Crippen molar-refractivity contribution in [3.05, 3.63) is 99.2 Å². The molecule has 4 rings (SSSR count). The standard InChI is InChI=1S/C26H20N2O7S/c29-23(17-4-2-1-3-5-17)27-18-8-11-21-22(15-18)36-26(34)28(21)12-13-35-19-9-6-16(7-10-19)14-20(24(30)31)25(32)33/h1-11,14-15H,12-13H2,(H,27,29)(H,30,31)(H,32,33). The third-order valence-electron chi connectivity index (χ3n) is 5.20. The van der Waals surface area contributed by atoms with E-state index in [1.807, 2.05) is 6.07 Å². The summed E-state index contributed by atoms with van der Waals surface area (Å²) < 4.78 is 8.02. The van der Waals surface area contributed by atoms with Crippen LogP contribution < -0.4 is 14.9 Å². The highest BCUT2D eigenvalue weighted by atomic mass is 32.1. The molecular weight excluding hydrogens is 484 g/mol. The molecule has 0 bridgehead atoms. The summed E-state index contributed by atoms with van der Waals surface area (Å²) in [6, 6.07) is 20.4. The molecule has 0 aliphatic rings. The van der Waals surface area contributed by atoms with Crippen molar-refractivity contribution < 1.29 is 29.3 Å². The molecule has 0 spiro atoms. The maximum absolute atomic E-state index is 12.5. The van der Waals surface area contributed by atoms with Crippen molar-refractivity contribution in [1.29, 1.82) is 0 Å². The van der Waals surface area contributed by atoms with E-state index in [0.29, 0.717) is 29.1 Å². The molecule has 36 heavy (non-hydrogen) atoms. The molecule has 0 fully saturated rings. The van der Waals surface area contributed by atoms with Crippen molar-refractivity contribution in [1.82, 2.24) is 4.57 Å². The Hall–Kier alpha value is -4.70. The number of carboxylic acid groups (broad SMARTS) is 2. The minimum Gasteiger partial charge on any atom is -0.492 e. The Bertz CT molecular complexity index is 1500. The summed E-state index contributed by atoms with van der Waals surface area (Å²) in [7, 11) is 0. The van der Waals surface area contributed by atoms with Gasteiger partial charge in [0.1, 0.15) is 17.9 Å². The van der Waals surface area contributed by atoms with Gasteiger partial charge in [-0.05, 0) is 54.1 Å². The number of nitrogens with one attached hydrogen (secondary N) is 1. The van der Waals surface area contributed by atoms with Gasteiger partial charge >= 0.3 is 16.8 Å². The second-order valence-electron chi connectivity index (χ2n) is 7.61. The van der Waals surface area contributed by atoms with Gasteiger partial charge in [-0.25, -0.2) is 9.59 Å². The smallest absolute Gasteiger partial charge is 0.343 e. The average molecular weight is 505 g/mol. The van der Waals surface area contributed by atoms with Crippen LogP contribution in [-0.2, 0) is 16.1 Å². The number of anilines is 1. The SMILES string of the molecule is O=C(O)C(=Cc1ccc(OCCn2c(=O)sc3cc(NC(=O)c4ccccc4)ccc32)cc1)C(=O)O. The number of hydrogen-bond donors (Lipinski definition) is 3. The number of amides is 1. The quantitative estimate of drug-likeness (QED) is 0.178. The van der Waals surface area contributed by atoms with Crippen LogP contribution in [0.2, 0.25) is 0 Å². The van der Waals surface area contributed by atoms with E-state index in [1.165, 1.54) is 0 Å². The van der Waals surface area contributed by atoms with E-state index in [1.54, 1.807) is 71.3 Å². The van der Waals surface area contributed by atoms with Crippen LogP contribution in [0.1, 0.15) is 15.9 Å². The van der Waals surface area contributed by atoms with Gasteiger partial charge in [-0.15, -0.1) is 0 Å². The number of aromatic nitrogens is 1. The van der Waals surface area contributed by atoms with Crippen LogP contribution in [0.5, 0.6) is 5.75 Å². The lowest BCUT2D eigenvalue weighted by Crippen LogP contribution is -2.17. The molecule has 3 N–H and O–H groups in total. The number of ether oxygens (including phenoxy) is 1. The number of hydrogen-bond acceptors (Lipinski definition) is 6. The third kappa shape index (κ3) is 5.68. The van der Waals surface area contributed by atoms with Crippen molar-refractivity contribution in [2.24, 2.45) is 0 Å². The van der Waals surface area contributed by atoms with Crippen LogP contribution in [0.3, 0.4) is 0 Å². The van der Waals surface area contributed by atoms with Crippen LogP contribution >= 0.6 is 11.3 Å². The third-order valence-corrected chi connectivity index (χ3v) is 6.14. The van der Waals surface area contributed by atoms with Crippen LogP contribution in [0.4, 0.5) is 5.69 Å². The molecule has 0 aliphatic carbocycles. The Labute approximate surface area is 208 Å². The van der Waals surface area contributed by atoms with E-state index >= 15 is 0 Å². The zero-order valence-corrected chi connectivity index (χ0v) is 19.5. The fourth-order valence-corrected chi connectivity index (χ4v) is 4.40. The van der Waals surface area contributed by atoms with Gasteiger partial charge in [-0.3, -0.25) is 14.2 Å². The van der Waals surface area contributed by atoms with Crippen molar-refractivity contribution in [2.75, 3.05) is 11.9 Å². The fourth-order valence-electron chi connectivity index (χ4n) is 3.45. The van der Waals surface area contributed by atoms with E-state index < -0.39 is 17.5 Å². The maximum Gasteiger partial charge on any atom is 0.343 e. The summed E-state index contributed by atoms with van der Waals surface area (Å²) in [4.78, 5) is 46.7. The average Bonchev–Trinajstić information content (AvgIpc) is 3.17. The lowest BCUT2D eigenvalue weighted by atomic mass is 10.1. The molecule has 0 atom stereocenters. The van der Waals surface area contributed by atoms with E-state index in [4.69, 9.17) is 14.9 Å². The van der Waals surface area contributed by atoms with Gasteiger partial charge in [-0.2, -0.15) is 0 Å². The lowest BCUT2D eigenvalue weighted by Gasteiger charge is -2.09. The van der Waals surface area contributed by atoms with Crippen molar-refractivity contribution in [2.45, 2.75) is 6.54 Å². The second-order valence-corrected chi connectivity index (χ2v) is 8.60. The van der Waals surface area contributed by atoms with Gasteiger partial charge in [0, 0.05) is 11.3 Å². The summed E-state index contributed by atoms with van der Waals surface area (Å²) >= 11 is 1.07. The molecule has 1 heterocycles. The van der Waals surface area contributed by atoms with Gasteiger partial charge in [0.05, 0.1) is 16.8 Å². The Morgan fingerprint density at radius 3 is 2.31 bits per heavy atom. The minimum atomic E-state index is -1.53. The molecule has 0 radical (unpaired) electrons. The second kappa shape index (κ2) is 10.7. The molecule has 0 unspecified atom stereocenters. The summed E-state index contributed by atoms with van der Waals surface area (Å²) in [6.07, 6.45) is 1.06. The number of aliphatic carboxylic acids is 2. The molecule has 0 saturated heterocycles. The van der Waals surface area contributed by atoms with Crippen LogP contribution in [0.25, 0.3) is 16.3 Å². The first-order chi connectivity index (χ1) is 17.3. The van der Waals surface area contributed by atoms with Crippen LogP contribution in [0.15, 0.2) is 83.2 Å². The largest absolute Gasteiger partial charge is 0.492 e. The number of fused-ring (bicyclic) bond motifs is 1. The zero-order valence-electron chi connectivity index (χ0n) is 18.7. The van der Waals surface area contributed by atoms with Gasteiger partial charge in [-0.1, -0.05) is 41.7 Å². The molecule has 182 valence electrons. The predicted molar refractivity (Wildman–Crippen MR) is 136 cm³/mol. The summed E-state index contributed by atoms with van der Waals surface area (Å²) in [5.41, 5.74) is 1.51. The molecule has 10 heteroatoms. The van der Waals surface area contributed by atoms with Gasteiger partial charge in [0.15, 0.2) is 0 Å². The zero-order chi connectivity index (χ0) is 25.7. The summed E-state index contributed by atoms with van der Waals surface area (Å²) in [5, 5.41) is 20.7. The van der Waals surface area contributed by atoms with Crippen molar-refractivity contribution in [3.63, 3.8) is 0 Å². The van der Waals surface area contributed by atoms with E-state index in [9.17, 15) is 19.2 Å². The Balaban J connectivity index is 1.40. The van der Waals surface area contributed by atoms with Gasteiger partial charge < -0.3 is 20.3 Å². The molecule has 3 aromatic carbocycles. The molecule has 9 nitrogen and oxygen atoms in total. The first kappa shape index (κ1) is 24.4. The number of carbonyl (C=O) groups excluding carboxylic acids is 1. The summed E-state index contributed by atoms with van der Waals surface area (Å²) in [6.45, 7) is 0.487. The number of nitrogens with zero attached hydrogens (tertiary/aromatic N) is 1. The van der Waals surface area contributed by atoms with Crippen molar-refractivity contribution in [3.8, 4) is 5.75 Å². The number of carboxylic acids is 2. The first-order valence-corrected chi connectivity index (χ1v) is 11.5. The Morgan fingerprint density at radius 1 is 0.944 bits per heavy atom. The van der Waals surface area contributed by atoms with Crippen molar-refractivity contribution >= 4 is 51.2 Å². The number of rotatable bonds is 9. The number of benzene rings is 3. The molecular formula is C26H20N2O7S. The topological polar surface area (TPSA) is 135 Å².